The van der Waals surface area contributed by atoms with E-state index in [1.807, 2.05) is 41.7 Å². The van der Waals surface area contributed by atoms with Gasteiger partial charge in [-0.25, -0.2) is 4.98 Å². The van der Waals surface area contributed by atoms with E-state index in [1.165, 1.54) is 36.3 Å². The van der Waals surface area contributed by atoms with Crippen molar-refractivity contribution in [1.29, 1.82) is 0 Å². The zero-order chi connectivity index (χ0) is 32.1. The van der Waals surface area contributed by atoms with E-state index in [9.17, 15) is 0 Å². The Bertz CT molecular complexity index is 3120. The lowest BCUT2D eigenvalue weighted by Crippen LogP contribution is -2.06. The second-order valence-electron chi connectivity index (χ2n) is 12.4. The molecule has 228 valence electrons. The molecule has 0 spiro atoms. The maximum absolute atomic E-state index is 6.32. The fourth-order valence-corrected chi connectivity index (χ4v) is 8.71. The Kier molecular flexibility index (Phi) is 5.48. The number of benzene rings is 7. The molecule has 7 aromatic carbocycles. The van der Waals surface area contributed by atoms with Gasteiger partial charge in [0, 0.05) is 52.8 Å². The number of furan rings is 1. The maximum Gasteiger partial charge on any atom is 0.238 e. The molecule has 6 heteroatoms. The molecule has 0 bridgehead atoms. The van der Waals surface area contributed by atoms with Crippen molar-refractivity contribution in [2.75, 3.05) is 0 Å². The van der Waals surface area contributed by atoms with Gasteiger partial charge in [-0.05, 0) is 53.2 Å². The molecule has 11 rings (SSSR count). The van der Waals surface area contributed by atoms with Gasteiger partial charge < -0.3 is 4.42 Å². The highest BCUT2D eigenvalue weighted by Gasteiger charge is 2.21. The van der Waals surface area contributed by atoms with Gasteiger partial charge in [-0.2, -0.15) is 9.97 Å². The Balaban J connectivity index is 1.21. The molecule has 0 aliphatic heterocycles. The Morgan fingerprint density at radius 1 is 0.469 bits per heavy atom. The van der Waals surface area contributed by atoms with E-state index in [4.69, 9.17) is 19.4 Å². The molecule has 0 aliphatic rings. The van der Waals surface area contributed by atoms with Crippen LogP contribution < -0.4 is 0 Å². The first kappa shape index (κ1) is 26.7. The standard InChI is InChI=1S/C43H24N4OS/c1-2-11-26(12-3-1)41-44-42(27-19-22-35-32(24-27)38-28-13-5-4-10-25(28)18-23-36(38)48-35)46-43(45-41)47-33-16-8-6-15-31(33)39-34(47)21-20-30-29-14-7-9-17-37(29)49-40(30)39/h1-24H. The molecule has 0 saturated carbocycles. The molecule has 0 saturated heterocycles. The van der Waals surface area contributed by atoms with Gasteiger partial charge in [0.15, 0.2) is 11.6 Å². The maximum atomic E-state index is 6.32. The topological polar surface area (TPSA) is 56.7 Å². The van der Waals surface area contributed by atoms with Crippen molar-refractivity contribution >= 4 is 86.0 Å². The molecule has 49 heavy (non-hydrogen) atoms. The Morgan fingerprint density at radius 2 is 1.20 bits per heavy atom. The average molecular weight is 645 g/mol. The Morgan fingerprint density at radius 3 is 2.10 bits per heavy atom. The summed E-state index contributed by atoms with van der Waals surface area (Å²) in [6.07, 6.45) is 0. The average Bonchev–Trinajstić information content (AvgIpc) is 3.84. The zero-order valence-corrected chi connectivity index (χ0v) is 26.8. The third-order valence-electron chi connectivity index (χ3n) is 9.65. The lowest BCUT2D eigenvalue weighted by Gasteiger charge is -2.11. The highest BCUT2D eigenvalue weighted by Crippen LogP contribution is 2.43. The summed E-state index contributed by atoms with van der Waals surface area (Å²) in [5.74, 6) is 1.81. The SMILES string of the molecule is c1ccc(-c2nc(-c3ccc4oc5ccc6ccccc6c5c4c3)nc(-n3c4ccccc4c4c5sc6ccccc6c5ccc43)n2)cc1. The molecule has 0 atom stereocenters. The van der Waals surface area contributed by atoms with Crippen LogP contribution >= 0.6 is 11.3 Å². The summed E-state index contributed by atoms with van der Waals surface area (Å²) >= 11 is 1.84. The number of para-hydroxylation sites is 1. The zero-order valence-electron chi connectivity index (χ0n) is 26.0. The molecular formula is C43H24N4OS. The molecule has 4 aromatic heterocycles. The lowest BCUT2D eigenvalue weighted by molar-refractivity contribution is 0.669. The van der Waals surface area contributed by atoms with Crippen LogP contribution in [-0.4, -0.2) is 19.5 Å². The quantitative estimate of drug-likeness (QED) is 0.192. The fraction of sp³-hybridized carbons (Fsp3) is 0. The summed E-state index contributed by atoms with van der Waals surface area (Å²) in [7, 11) is 0. The predicted molar refractivity (Wildman–Crippen MR) is 203 cm³/mol. The van der Waals surface area contributed by atoms with Crippen molar-refractivity contribution in [2.45, 2.75) is 0 Å². The second-order valence-corrected chi connectivity index (χ2v) is 13.5. The van der Waals surface area contributed by atoms with E-state index in [0.29, 0.717) is 17.6 Å². The van der Waals surface area contributed by atoms with Crippen molar-refractivity contribution in [1.82, 2.24) is 19.5 Å². The van der Waals surface area contributed by atoms with Crippen LogP contribution in [0.2, 0.25) is 0 Å². The normalized spacial score (nSPS) is 12.1. The molecule has 4 heterocycles. The van der Waals surface area contributed by atoms with Crippen LogP contribution in [-0.2, 0) is 0 Å². The van der Waals surface area contributed by atoms with E-state index in [1.54, 1.807) is 0 Å². The summed E-state index contributed by atoms with van der Waals surface area (Å²) in [5, 5.41) is 9.42. The van der Waals surface area contributed by atoms with Crippen LogP contribution in [0.25, 0.3) is 103 Å². The van der Waals surface area contributed by atoms with Crippen molar-refractivity contribution in [3.8, 4) is 28.7 Å². The number of hydrogen-bond donors (Lipinski definition) is 0. The number of nitrogens with zero attached hydrogens (tertiary/aromatic N) is 4. The van der Waals surface area contributed by atoms with Crippen molar-refractivity contribution in [2.24, 2.45) is 0 Å². The summed E-state index contributed by atoms with van der Waals surface area (Å²) in [6, 6.07) is 50.7. The second kappa shape index (κ2) is 10.1. The third kappa shape index (κ3) is 3.89. The van der Waals surface area contributed by atoms with E-state index < -0.39 is 0 Å². The van der Waals surface area contributed by atoms with E-state index in [0.717, 1.165) is 49.5 Å². The summed E-state index contributed by atoms with van der Waals surface area (Å²) in [6.45, 7) is 0. The minimum Gasteiger partial charge on any atom is -0.456 e. The van der Waals surface area contributed by atoms with Crippen LogP contribution in [0.15, 0.2) is 150 Å². The number of fused-ring (bicyclic) bond motifs is 12. The number of thiophene rings is 1. The predicted octanol–water partition coefficient (Wildman–Crippen LogP) is 11.7. The first-order chi connectivity index (χ1) is 24.3. The minimum absolute atomic E-state index is 0.582. The van der Waals surface area contributed by atoms with Gasteiger partial charge in [-0.15, -0.1) is 11.3 Å². The van der Waals surface area contributed by atoms with E-state index >= 15 is 0 Å². The first-order valence-electron chi connectivity index (χ1n) is 16.3. The third-order valence-corrected chi connectivity index (χ3v) is 10.9. The largest absolute Gasteiger partial charge is 0.456 e. The summed E-state index contributed by atoms with van der Waals surface area (Å²) < 4.78 is 11.1. The number of rotatable bonds is 3. The molecule has 0 fully saturated rings. The van der Waals surface area contributed by atoms with Crippen LogP contribution in [0.1, 0.15) is 0 Å². The van der Waals surface area contributed by atoms with Gasteiger partial charge in [0.05, 0.1) is 11.0 Å². The summed E-state index contributed by atoms with van der Waals surface area (Å²) in [5.41, 5.74) is 5.66. The van der Waals surface area contributed by atoms with Gasteiger partial charge in [-0.1, -0.05) is 103 Å². The highest BCUT2D eigenvalue weighted by atomic mass is 32.1. The van der Waals surface area contributed by atoms with Crippen LogP contribution in [0.5, 0.6) is 0 Å². The van der Waals surface area contributed by atoms with Gasteiger partial charge >= 0.3 is 0 Å². The van der Waals surface area contributed by atoms with Crippen molar-refractivity contribution < 1.29 is 4.42 Å². The Labute approximate surface area is 283 Å². The molecule has 5 nitrogen and oxygen atoms in total. The molecule has 0 amide bonds. The first-order valence-corrected chi connectivity index (χ1v) is 17.1. The van der Waals surface area contributed by atoms with Gasteiger partial charge in [-0.3, -0.25) is 4.57 Å². The number of aromatic nitrogens is 4. The molecular weight excluding hydrogens is 621 g/mol. The van der Waals surface area contributed by atoms with Gasteiger partial charge in [0.25, 0.3) is 0 Å². The summed E-state index contributed by atoms with van der Waals surface area (Å²) in [4.78, 5) is 15.5. The van der Waals surface area contributed by atoms with Crippen LogP contribution in [0.3, 0.4) is 0 Å². The van der Waals surface area contributed by atoms with Crippen molar-refractivity contribution in [3.63, 3.8) is 0 Å². The molecule has 0 aliphatic carbocycles. The minimum atomic E-state index is 0.582. The van der Waals surface area contributed by atoms with E-state index in [-0.39, 0.29) is 0 Å². The van der Waals surface area contributed by atoms with Crippen LogP contribution in [0, 0.1) is 0 Å². The smallest absolute Gasteiger partial charge is 0.238 e. The number of hydrogen-bond acceptors (Lipinski definition) is 5. The lowest BCUT2D eigenvalue weighted by atomic mass is 10.0. The highest BCUT2D eigenvalue weighted by molar-refractivity contribution is 7.26. The molecule has 11 aromatic rings. The van der Waals surface area contributed by atoms with Gasteiger partial charge in [0.1, 0.15) is 11.2 Å². The van der Waals surface area contributed by atoms with Crippen LogP contribution in [0.4, 0.5) is 0 Å². The molecule has 0 radical (unpaired) electrons. The monoisotopic (exact) mass is 644 g/mol. The Hall–Kier alpha value is -6.37. The molecule has 0 unspecified atom stereocenters. The van der Waals surface area contributed by atoms with E-state index in [2.05, 4.69) is 120 Å². The van der Waals surface area contributed by atoms with Crippen molar-refractivity contribution in [3.05, 3.63) is 146 Å². The molecule has 0 N–H and O–H groups in total. The van der Waals surface area contributed by atoms with Gasteiger partial charge in [0.2, 0.25) is 5.95 Å². The fourth-order valence-electron chi connectivity index (χ4n) is 7.45.